The largest absolute Gasteiger partial charge is 0.491 e. The highest BCUT2D eigenvalue weighted by Gasteiger charge is 2.10. The minimum atomic E-state index is -0.165. The standard InChI is InChI=1S/C11H15ClN2O2/c1-7-3-4-9(12)10(5-7)16-6-8(2)11(13)14-15/h3-5,8,15H,6H2,1-2H3,(H2,13,14). The van der Waals surface area contributed by atoms with Gasteiger partial charge in [0, 0.05) is 0 Å². The van der Waals surface area contributed by atoms with Crippen LogP contribution in [0.15, 0.2) is 23.4 Å². The zero-order valence-electron chi connectivity index (χ0n) is 9.27. The summed E-state index contributed by atoms with van der Waals surface area (Å²) in [6.07, 6.45) is 0. The number of benzene rings is 1. The predicted octanol–water partition coefficient (Wildman–Crippen LogP) is 2.41. The Kier molecular flexibility index (Phi) is 4.43. The first kappa shape index (κ1) is 12.6. The first-order valence-electron chi connectivity index (χ1n) is 4.91. The number of nitrogens with two attached hydrogens (primary N) is 1. The molecule has 1 atom stereocenters. The molecule has 0 spiro atoms. The van der Waals surface area contributed by atoms with Gasteiger partial charge in [0.25, 0.3) is 0 Å². The van der Waals surface area contributed by atoms with Crippen LogP contribution in [0.25, 0.3) is 0 Å². The van der Waals surface area contributed by atoms with E-state index in [0.29, 0.717) is 17.4 Å². The molecule has 1 unspecified atom stereocenters. The second-order valence-corrected chi connectivity index (χ2v) is 4.08. The molecular formula is C11H15ClN2O2. The number of aryl methyl sites for hydroxylation is 1. The van der Waals surface area contributed by atoms with E-state index in [1.807, 2.05) is 19.1 Å². The van der Waals surface area contributed by atoms with Crippen LogP contribution in [0.4, 0.5) is 0 Å². The molecule has 0 radical (unpaired) electrons. The highest BCUT2D eigenvalue weighted by molar-refractivity contribution is 6.32. The molecule has 0 amide bonds. The van der Waals surface area contributed by atoms with Crippen molar-refractivity contribution in [3.05, 3.63) is 28.8 Å². The van der Waals surface area contributed by atoms with Gasteiger partial charge in [0.15, 0.2) is 0 Å². The first-order chi connectivity index (χ1) is 7.54. The lowest BCUT2D eigenvalue weighted by Gasteiger charge is -2.13. The van der Waals surface area contributed by atoms with Gasteiger partial charge in [0.05, 0.1) is 17.5 Å². The molecule has 1 aromatic carbocycles. The highest BCUT2D eigenvalue weighted by atomic mass is 35.5. The molecule has 5 heteroatoms. The van der Waals surface area contributed by atoms with Gasteiger partial charge in [0.1, 0.15) is 11.6 Å². The Balaban J connectivity index is 2.64. The fraction of sp³-hybridized carbons (Fsp3) is 0.364. The van der Waals surface area contributed by atoms with E-state index in [9.17, 15) is 0 Å². The second-order valence-electron chi connectivity index (χ2n) is 3.67. The summed E-state index contributed by atoms with van der Waals surface area (Å²) in [6, 6.07) is 5.53. The molecule has 1 rings (SSSR count). The molecule has 0 aliphatic carbocycles. The third-order valence-electron chi connectivity index (χ3n) is 2.20. The average Bonchev–Trinajstić information content (AvgIpc) is 2.28. The van der Waals surface area contributed by atoms with Crippen molar-refractivity contribution in [2.75, 3.05) is 6.61 Å². The Morgan fingerprint density at radius 1 is 1.62 bits per heavy atom. The molecular weight excluding hydrogens is 228 g/mol. The van der Waals surface area contributed by atoms with E-state index >= 15 is 0 Å². The summed E-state index contributed by atoms with van der Waals surface area (Å²) in [7, 11) is 0. The summed E-state index contributed by atoms with van der Waals surface area (Å²) in [5.74, 6) is 0.588. The third-order valence-corrected chi connectivity index (χ3v) is 2.51. The molecule has 0 saturated carbocycles. The molecule has 0 aliphatic rings. The van der Waals surface area contributed by atoms with Gasteiger partial charge >= 0.3 is 0 Å². The van der Waals surface area contributed by atoms with Gasteiger partial charge in [-0.1, -0.05) is 29.7 Å². The van der Waals surface area contributed by atoms with E-state index in [1.165, 1.54) is 0 Å². The van der Waals surface area contributed by atoms with Crippen molar-refractivity contribution in [3.63, 3.8) is 0 Å². The van der Waals surface area contributed by atoms with Crippen LogP contribution in [0, 0.1) is 12.8 Å². The van der Waals surface area contributed by atoms with Gasteiger partial charge in [-0.3, -0.25) is 0 Å². The van der Waals surface area contributed by atoms with Gasteiger partial charge in [-0.05, 0) is 24.6 Å². The number of hydrogen-bond donors (Lipinski definition) is 2. The molecule has 0 aromatic heterocycles. The summed E-state index contributed by atoms with van der Waals surface area (Å²) in [4.78, 5) is 0. The van der Waals surface area contributed by atoms with Crippen LogP contribution in [-0.2, 0) is 0 Å². The SMILES string of the molecule is Cc1ccc(Cl)c(OCC(C)/C(N)=N/O)c1. The van der Waals surface area contributed by atoms with Crippen LogP contribution < -0.4 is 10.5 Å². The predicted molar refractivity (Wildman–Crippen MR) is 64.3 cm³/mol. The smallest absolute Gasteiger partial charge is 0.145 e. The average molecular weight is 243 g/mol. The normalized spacial score (nSPS) is 13.6. The molecule has 0 fully saturated rings. The molecule has 4 nitrogen and oxygen atoms in total. The minimum Gasteiger partial charge on any atom is -0.491 e. The fourth-order valence-corrected chi connectivity index (χ4v) is 1.29. The Bertz CT molecular complexity index is 394. The zero-order valence-corrected chi connectivity index (χ0v) is 10.0. The highest BCUT2D eigenvalue weighted by Crippen LogP contribution is 2.25. The van der Waals surface area contributed by atoms with Crippen molar-refractivity contribution in [2.24, 2.45) is 16.8 Å². The lowest BCUT2D eigenvalue weighted by atomic mass is 10.2. The van der Waals surface area contributed by atoms with Crippen LogP contribution in [0.3, 0.4) is 0 Å². The number of rotatable bonds is 4. The Labute approximate surface area is 99.7 Å². The van der Waals surface area contributed by atoms with Crippen LogP contribution in [-0.4, -0.2) is 17.6 Å². The van der Waals surface area contributed by atoms with Crippen LogP contribution in [0.2, 0.25) is 5.02 Å². The lowest BCUT2D eigenvalue weighted by Crippen LogP contribution is -2.26. The van der Waals surface area contributed by atoms with Crippen molar-refractivity contribution in [1.82, 2.24) is 0 Å². The maximum absolute atomic E-state index is 8.48. The molecule has 16 heavy (non-hydrogen) atoms. The van der Waals surface area contributed by atoms with Crippen molar-refractivity contribution >= 4 is 17.4 Å². The Morgan fingerprint density at radius 3 is 2.94 bits per heavy atom. The minimum absolute atomic E-state index is 0.142. The molecule has 88 valence electrons. The summed E-state index contributed by atoms with van der Waals surface area (Å²) < 4.78 is 5.50. The first-order valence-corrected chi connectivity index (χ1v) is 5.28. The van der Waals surface area contributed by atoms with Gasteiger partial charge in [-0.25, -0.2) is 0 Å². The van der Waals surface area contributed by atoms with Crippen LogP contribution >= 0.6 is 11.6 Å². The summed E-state index contributed by atoms with van der Waals surface area (Å²) in [5, 5.41) is 12.0. The van der Waals surface area contributed by atoms with Gasteiger partial charge in [-0.2, -0.15) is 0 Å². The Hall–Kier alpha value is -1.42. The number of nitrogens with zero attached hydrogens (tertiary/aromatic N) is 1. The second kappa shape index (κ2) is 5.61. The Morgan fingerprint density at radius 2 is 2.31 bits per heavy atom. The molecule has 1 aromatic rings. The van der Waals surface area contributed by atoms with Gasteiger partial charge < -0.3 is 15.7 Å². The zero-order chi connectivity index (χ0) is 12.1. The van der Waals surface area contributed by atoms with E-state index in [0.717, 1.165) is 5.56 Å². The molecule has 0 aliphatic heterocycles. The van der Waals surface area contributed by atoms with Crippen LogP contribution in [0.1, 0.15) is 12.5 Å². The summed E-state index contributed by atoms with van der Waals surface area (Å²) in [6.45, 7) is 4.08. The van der Waals surface area contributed by atoms with E-state index in [1.54, 1.807) is 13.0 Å². The van der Waals surface area contributed by atoms with Crippen molar-refractivity contribution in [2.45, 2.75) is 13.8 Å². The third kappa shape index (κ3) is 3.31. The topological polar surface area (TPSA) is 67.8 Å². The van der Waals surface area contributed by atoms with E-state index < -0.39 is 0 Å². The van der Waals surface area contributed by atoms with E-state index in [4.69, 9.17) is 27.3 Å². The summed E-state index contributed by atoms with van der Waals surface area (Å²) in [5.41, 5.74) is 6.50. The molecule has 0 bridgehead atoms. The fourth-order valence-electron chi connectivity index (χ4n) is 1.12. The number of oxime groups is 1. The molecule has 0 heterocycles. The maximum Gasteiger partial charge on any atom is 0.145 e. The maximum atomic E-state index is 8.48. The molecule has 3 N–H and O–H groups in total. The number of halogens is 1. The number of hydrogen-bond acceptors (Lipinski definition) is 3. The molecule has 0 saturated heterocycles. The van der Waals surface area contributed by atoms with Gasteiger partial charge in [-0.15, -0.1) is 0 Å². The van der Waals surface area contributed by atoms with Crippen molar-refractivity contribution in [3.8, 4) is 5.75 Å². The van der Waals surface area contributed by atoms with Crippen molar-refractivity contribution in [1.29, 1.82) is 0 Å². The monoisotopic (exact) mass is 242 g/mol. The van der Waals surface area contributed by atoms with Crippen LogP contribution in [0.5, 0.6) is 5.75 Å². The number of amidine groups is 1. The quantitative estimate of drug-likeness (QED) is 0.369. The summed E-state index contributed by atoms with van der Waals surface area (Å²) >= 11 is 5.96. The van der Waals surface area contributed by atoms with E-state index in [2.05, 4.69) is 5.16 Å². The number of ether oxygens (including phenoxy) is 1. The van der Waals surface area contributed by atoms with Crippen molar-refractivity contribution < 1.29 is 9.94 Å². The van der Waals surface area contributed by atoms with E-state index in [-0.39, 0.29) is 11.8 Å². The van der Waals surface area contributed by atoms with Gasteiger partial charge in [0.2, 0.25) is 0 Å². The lowest BCUT2D eigenvalue weighted by molar-refractivity contribution is 0.279.